The summed E-state index contributed by atoms with van der Waals surface area (Å²) in [5.41, 5.74) is 3.99. The number of anilines is 1. The Morgan fingerprint density at radius 1 is 1.16 bits per heavy atom. The van der Waals surface area contributed by atoms with Gasteiger partial charge in [-0.05, 0) is 55.9 Å². The summed E-state index contributed by atoms with van der Waals surface area (Å²) in [4.78, 5) is 6.64. The number of aryl methyl sites for hydroxylation is 1. The fourth-order valence-electron chi connectivity index (χ4n) is 3.79. The molecule has 0 aromatic heterocycles. The smallest absolute Gasteiger partial charge is 0.191 e. The van der Waals surface area contributed by atoms with E-state index in [0.29, 0.717) is 44.1 Å². The fraction of sp³-hybridized carbons (Fsp3) is 0.480. The van der Waals surface area contributed by atoms with Crippen LogP contribution < -0.4 is 15.5 Å². The molecule has 0 bridgehead atoms. The molecule has 2 aromatic rings. The lowest BCUT2D eigenvalue weighted by Crippen LogP contribution is -2.39. The highest BCUT2D eigenvalue weighted by molar-refractivity contribution is 14.0. The first-order valence-corrected chi connectivity index (χ1v) is 11.3. The van der Waals surface area contributed by atoms with Crippen LogP contribution >= 0.6 is 24.0 Å². The zero-order chi connectivity index (χ0) is 22.2. The van der Waals surface area contributed by atoms with Crippen molar-refractivity contribution in [1.29, 1.82) is 0 Å². The molecule has 5 nitrogen and oxygen atoms in total. The first-order chi connectivity index (χ1) is 15.0. The van der Waals surface area contributed by atoms with E-state index in [0.717, 1.165) is 24.6 Å². The average molecular weight is 554 g/mol. The van der Waals surface area contributed by atoms with Crippen LogP contribution in [0.15, 0.2) is 47.5 Å². The van der Waals surface area contributed by atoms with Crippen molar-refractivity contribution < 1.29 is 9.50 Å². The average Bonchev–Trinajstić information content (AvgIpc) is 2.77. The van der Waals surface area contributed by atoms with E-state index in [1.165, 1.54) is 11.1 Å². The Morgan fingerprint density at radius 3 is 2.47 bits per heavy atom. The number of aliphatic hydroxyl groups excluding tert-OH is 1. The number of aliphatic imine (C=N–C) groups is 1. The molecule has 3 N–H and O–H groups in total. The van der Waals surface area contributed by atoms with Crippen LogP contribution in [0.2, 0.25) is 0 Å². The summed E-state index contributed by atoms with van der Waals surface area (Å²) < 4.78 is 14.7. The normalized spacial score (nSPS) is 15.8. The Bertz CT molecular complexity index is 867. The van der Waals surface area contributed by atoms with Gasteiger partial charge < -0.3 is 20.6 Å². The van der Waals surface area contributed by atoms with Crippen LogP contribution in [0.3, 0.4) is 0 Å². The molecule has 0 radical (unpaired) electrons. The minimum absolute atomic E-state index is 0. The summed E-state index contributed by atoms with van der Waals surface area (Å²) in [6.07, 6.45) is 1.10. The number of benzene rings is 2. The summed E-state index contributed by atoms with van der Waals surface area (Å²) in [5, 5.41) is 16.3. The second kappa shape index (κ2) is 13.0. The van der Waals surface area contributed by atoms with Gasteiger partial charge in [0.25, 0.3) is 0 Å². The van der Waals surface area contributed by atoms with Crippen molar-refractivity contribution in [2.45, 2.75) is 52.2 Å². The monoisotopic (exact) mass is 554 g/mol. The minimum Gasteiger partial charge on any atom is -0.393 e. The Hall–Kier alpha value is -1.87. The van der Waals surface area contributed by atoms with Crippen molar-refractivity contribution in [2.24, 2.45) is 4.99 Å². The van der Waals surface area contributed by atoms with E-state index in [1.54, 1.807) is 6.07 Å². The number of halogens is 2. The van der Waals surface area contributed by atoms with Crippen LogP contribution in [0.5, 0.6) is 0 Å². The predicted octanol–water partition coefficient (Wildman–Crippen LogP) is 4.57. The topological polar surface area (TPSA) is 59.9 Å². The summed E-state index contributed by atoms with van der Waals surface area (Å²) >= 11 is 0. The molecule has 7 heteroatoms. The molecule has 1 unspecified atom stereocenters. The van der Waals surface area contributed by atoms with Crippen LogP contribution in [-0.2, 0) is 6.54 Å². The van der Waals surface area contributed by atoms with E-state index in [-0.39, 0.29) is 35.9 Å². The van der Waals surface area contributed by atoms with Crippen molar-refractivity contribution >= 4 is 35.6 Å². The van der Waals surface area contributed by atoms with Crippen molar-refractivity contribution in [3.05, 3.63) is 65.0 Å². The molecule has 176 valence electrons. The van der Waals surface area contributed by atoms with Crippen LogP contribution in [0.4, 0.5) is 10.1 Å². The van der Waals surface area contributed by atoms with E-state index >= 15 is 0 Å². The van der Waals surface area contributed by atoms with Gasteiger partial charge >= 0.3 is 0 Å². The molecule has 2 aromatic carbocycles. The first kappa shape index (κ1) is 26.4. The largest absolute Gasteiger partial charge is 0.393 e. The van der Waals surface area contributed by atoms with Crippen LogP contribution in [-0.4, -0.2) is 43.3 Å². The van der Waals surface area contributed by atoms with E-state index in [9.17, 15) is 9.50 Å². The molecule has 1 heterocycles. The van der Waals surface area contributed by atoms with Gasteiger partial charge in [0.05, 0.1) is 18.3 Å². The molecule has 1 atom stereocenters. The molecule has 0 spiro atoms. The van der Waals surface area contributed by atoms with Gasteiger partial charge in [-0.25, -0.2) is 9.38 Å². The zero-order valence-corrected chi connectivity index (χ0v) is 21.6. The third-order valence-corrected chi connectivity index (χ3v) is 5.80. The molecule has 1 fully saturated rings. The SMILES string of the molecule is CCNC(=NCc1ccc(N2CCC(O)CC2)c(F)c1)NCC(C)c1ccc(C)cc1.I. The molecule has 1 aliphatic heterocycles. The van der Waals surface area contributed by atoms with Gasteiger partial charge in [0.1, 0.15) is 5.82 Å². The van der Waals surface area contributed by atoms with Crippen molar-refractivity contribution in [3.63, 3.8) is 0 Å². The fourth-order valence-corrected chi connectivity index (χ4v) is 3.79. The molecular formula is C25H36FIN4O. The van der Waals surface area contributed by atoms with Gasteiger partial charge in [-0.15, -0.1) is 24.0 Å². The molecule has 3 rings (SSSR count). The number of piperidine rings is 1. The number of guanidine groups is 1. The lowest BCUT2D eigenvalue weighted by molar-refractivity contribution is 0.145. The van der Waals surface area contributed by atoms with Gasteiger partial charge in [0.2, 0.25) is 0 Å². The van der Waals surface area contributed by atoms with Gasteiger partial charge in [-0.1, -0.05) is 42.8 Å². The number of hydrogen-bond acceptors (Lipinski definition) is 3. The summed E-state index contributed by atoms with van der Waals surface area (Å²) in [5.74, 6) is 0.857. The quantitative estimate of drug-likeness (QED) is 0.267. The number of rotatable bonds is 7. The molecule has 32 heavy (non-hydrogen) atoms. The van der Waals surface area contributed by atoms with Crippen molar-refractivity contribution in [2.75, 3.05) is 31.1 Å². The summed E-state index contributed by atoms with van der Waals surface area (Å²) in [7, 11) is 0. The third kappa shape index (κ3) is 7.62. The number of nitrogens with one attached hydrogen (secondary N) is 2. The molecule has 1 saturated heterocycles. The highest BCUT2D eigenvalue weighted by Gasteiger charge is 2.19. The third-order valence-electron chi connectivity index (χ3n) is 5.80. The summed E-state index contributed by atoms with van der Waals surface area (Å²) in [6, 6.07) is 13.9. The standard InChI is InChI=1S/C25H35FN4O.HI/c1-4-27-25(28-16-19(3)21-8-5-18(2)6-9-21)29-17-20-7-10-24(23(26)15-20)30-13-11-22(31)12-14-30;/h5-10,15,19,22,31H,4,11-14,16-17H2,1-3H3,(H2,27,28,29);1H. The minimum atomic E-state index is -0.265. The van der Waals surface area contributed by atoms with Crippen LogP contribution in [0.1, 0.15) is 49.3 Å². The maximum Gasteiger partial charge on any atom is 0.191 e. The van der Waals surface area contributed by atoms with E-state index in [2.05, 4.69) is 53.7 Å². The second-order valence-electron chi connectivity index (χ2n) is 8.39. The maximum absolute atomic E-state index is 14.7. The highest BCUT2D eigenvalue weighted by atomic mass is 127. The Morgan fingerprint density at radius 2 is 1.84 bits per heavy atom. The molecular weight excluding hydrogens is 518 g/mol. The van der Waals surface area contributed by atoms with Crippen molar-refractivity contribution in [1.82, 2.24) is 10.6 Å². The molecule has 1 aliphatic rings. The van der Waals surface area contributed by atoms with Gasteiger partial charge in [0.15, 0.2) is 5.96 Å². The lowest BCUT2D eigenvalue weighted by atomic mass is 10.0. The number of hydrogen-bond donors (Lipinski definition) is 3. The second-order valence-corrected chi connectivity index (χ2v) is 8.39. The lowest BCUT2D eigenvalue weighted by Gasteiger charge is -2.31. The molecule has 0 amide bonds. The van der Waals surface area contributed by atoms with Crippen LogP contribution in [0, 0.1) is 12.7 Å². The van der Waals surface area contributed by atoms with Gasteiger partial charge in [-0.2, -0.15) is 0 Å². The Labute approximate surface area is 208 Å². The number of aliphatic hydroxyl groups is 1. The zero-order valence-electron chi connectivity index (χ0n) is 19.3. The van der Waals surface area contributed by atoms with Crippen molar-refractivity contribution in [3.8, 4) is 0 Å². The van der Waals surface area contributed by atoms with Crippen LogP contribution in [0.25, 0.3) is 0 Å². The van der Waals surface area contributed by atoms with Gasteiger partial charge in [-0.3, -0.25) is 0 Å². The van der Waals surface area contributed by atoms with E-state index in [4.69, 9.17) is 0 Å². The molecule has 0 saturated carbocycles. The summed E-state index contributed by atoms with van der Waals surface area (Å²) in [6.45, 7) is 9.62. The first-order valence-electron chi connectivity index (χ1n) is 11.3. The molecule has 0 aliphatic carbocycles. The Balaban J connectivity index is 0.00000363. The van der Waals surface area contributed by atoms with Gasteiger partial charge in [0, 0.05) is 26.2 Å². The van der Waals surface area contributed by atoms with E-state index in [1.807, 2.05) is 24.0 Å². The highest BCUT2D eigenvalue weighted by Crippen LogP contribution is 2.24. The van der Waals surface area contributed by atoms with E-state index < -0.39 is 0 Å². The maximum atomic E-state index is 14.7. The number of nitrogens with zero attached hydrogens (tertiary/aromatic N) is 2. The predicted molar refractivity (Wildman–Crippen MR) is 142 cm³/mol. The Kier molecular flexibility index (Phi) is 10.7.